The highest BCUT2D eigenvalue weighted by Crippen LogP contribution is 2.49. The molecule has 1 unspecified atom stereocenters. The molecule has 0 spiro atoms. The van der Waals surface area contributed by atoms with Crippen LogP contribution in [0.1, 0.15) is 43.1 Å². The lowest BCUT2D eigenvalue weighted by Gasteiger charge is -2.12. The van der Waals surface area contributed by atoms with Gasteiger partial charge in [-0.2, -0.15) is 0 Å². The summed E-state index contributed by atoms with van der Waals surface area (Å²) >= 11 is 0. The smallest absolute Gasteiger partial charge is 0.0325 e. The van der Waals surface area contributed by atoms with Crippen molar-refractivity contribution >= 4 is 19.2 Å². The van der Waals surface area contributed by atoms with Crippen LogP contribution in [-0.2, 0) is 6.16 Å². The van der Waals surface area contributed by atoms with E-state index in [1.165, 1.54) is 41.6 Å². The van der Waals surface area contributed by atoms with Crippen molar-refractivity contribution in [2.75, 3.05) is 0 Å². The molecule has 1 aliphatic carbocycles. The van der Waals surface area contributed by atoms with Crippen molar-refractivity contribution in [1.29, 1.82) is 0 Å². The Bertz CT molecular complexity index is 604. The van der Waals surface area contributed by atoms with Gasteiger partial charge < -0.3 is 0 Å². The average molecular weight is 267 g/mol. The van der Waals surface area contributed by atoms with Gasteiger partial charge in [-0.05, 0) is 46.5 Å². The fraction of sp³-hybridized carbons (Fsp3) is 0.278. The number of unbranched alkanes of at least 4 members (excludes halogenated alkanes) is 1. The van der Waals surface area contributed by atoms with E-state index in [1.54, 1.807) is 5.30 Å². The predicted octanol–water partition coefficient (Wildman–Crippen LogP) is 5.97. The van der Waals surface area contributed by atoms with E-state index in [9.17, 15) is 0 Å². The van der Waals surface area contributed by atoms with Gasteiger partial charge in [-0.15, -0.1) is 7.53 Å². The summed E-state index contributed by atoms with van der Waals surface area (Å²) in [6, 6.07) is 13.3. The molecule has 0 fully saturated rings. The van der Waals surface area contributed by atoms with Crippen molar-refractivity contribution in [2.24, 2.45) is 0 Å². The predicted molar refractivity (Wildman–Crippen MR) is 86.4 cm³/mol. The second kappa shape index (κ2) is 5.39. The molecule has 19 heavy (non-hydrogen) atoms. The van der Waals surface area contributed by atoms with Crippen LogP contribution in [0.25, 0.3) is 11.6 Å². The van der Waals surface area contributed by atoms with Gasteiger partial charge in [0.25, 0.3) is 0 Å². The van der Waals surface area contributed by atoms with E-state index in [2.05, 4.69) is 62.1 Å². The largest absolute Gasteiger partial charge is 0.117 e. The summed E-state index contributed by atoms with van der Waals surface area (Å²) in [4.78, 5) is 0. The van der Waals surface area contributed by atoms with Gasteiger partial charge in [0.1, 0.15) is 0 Å². The van der Waals surface area contributed by atoms with Crippen LogP contribution < -0.4 is 0 Å². The Morgan fingerprint density at radius 1 is 1.05 bits per heavy atom. The highest BCUT2D eigenvalue weighted by Gasteiger charge is 2.23. The van der Waals surface area contributed by atoms with Crippen molar-refractivity contribution in [3.05, 3.63) is 64.5 Å². The zero-order valence-electron chi connectivity index (χ0n) is 11.7. The minimum atomic E-state index is -0.0632. The van der Waals surface area contributed by atoms with Crippen LogP contribution in [0.3, 0.4) is 0 Å². The molecule has 1 aromatic carbocycles. The Hall–Kier alpha value is -1.26. The molecule has 0 N–H and O–H groups in total. The van der Waals surface area contributed by atoms with Crippen LogP contribution >= 0.6 is 7.53 Å². The SMILES string of the molecule is CCCCp1cccc1C1=Cc2ccccc2[C]1C. The van der Waals surface area contributed by atoms with Crippen molar-refractivity contribution in [3.8, 4) is 0 Å². The molecular formula is C18H20P. The summed E-state index contributed by atoms with van der Waals surface area (Å²) in [5.41, 5.74) is 4.28. The van der Waals surface area contributed by atoms with Crippen LogP contribution in [-0.4, -0.2) is 0 Å². The standard InChI is InChI=1S/C18H20P/c1-3-4-11-19-12-7-10-18(19)17-13-15-8-5-6-9-16(15)14(17)2/h5-10,12-13H,3-4,11H2,1-2H3. The van der Waals surface area contributed by atoms with E-state index in [4.69, 9.17) is 0 Å². The maximum absolute atomic E-state index is 2.43. The minimum Gasteiger partial charge on any atom is -0.117 e. The Morgan fingerprint density at radius 2 is 1.89 bits per heavy atom. The van der Waals surface area contributed by atoms with E-state index in [1.807, 2.05) is 0 Å². The Labute approximate surface area is 117 Å². The van der Waals surface area contributed by atoms with E-state index < -0.39 is 0 Å². The molecule has 0 bridgehead atoms. The quantitative estimate of drug-likeness (QED) is 0.640. The number of aryl methyl sites for hydroxylation is 1. The summed E-state index contributed by atoms with van der Waals surface area (Å²) in [7, 11) is -0.0632. The van der Waals surface area contributed by atoms with Crippen LogP contribution in [0.15, 0.2) is 42.2 Å². The first kappa shape index (κ1) is 12.8. The monoisotopic (exact) mass is 267 g/mol. The molecule has 0 nitrogen and oxygen atoms in total. The molecular weight excluding hydrogens is 247 g/mol. The molecule has 0 amide bonds. The molecule has 3 rings (SSSR count). The molecule has 0 saturated heterocycles. The summed E-state index contributed by atoms with van der Waals surface area (Å²) < 4.78 is 0. The van der Waals surface area contributed by atoms with Gasteiger partial charge in [-0.25, -0.2) is 0 Å². The lowest BCUT2D eigenvalue weighted by atomic mass is 9.97. The number of hydrogen-bond donors (Lipinski definition) is 0. The number of hydrogen-bond acceptors (Lipinski definition) is 0. The third-order valence-corrected chi connectivity index (χ3v) is 6.27. The second-order valence-corrected chi connectivity index (χ2v) is 7.38. The van der Waals surface area contributed by atoms with Gasteiger partial charge in [0.05, 0.1) is 0 Å². The van der Waals surface area contributed by atoms with Crippen molar-refractivity contribution in [2.45, 2.75) is 32.9 Å². The summed E-state index contributed by atoms with van der Waals surface area (Å²) in [5.74, 6) is 3.88. The summed E-state index contributed by atoms with van der Waals surface area (Å²) in [5, 5.41) is 1.58. The van der Waals surface area contributed by atoms with Gasteiger partial charge >= 0.3 is 0 Å². The third kappa shape index (κ3) is 2.30. The summed E-state index contributed by atoms with van der Waals surface area (Å²) in [6.07, 6.45) is 6.36. The number of fused-ring (bicyclic) bond motifs is 1. The maximum atomic E-state index is 2.43. The highest BCUT2D eigenvalue weighted by molar-refractivity contribution is 7.49. The van der Waals surface area contributed by atoms with Gasteiger partial charge in [0.15, 0.2) is 0 Å². The van der Waals surface area contributed by atoms with Crippen LogP contribution in [0.4, 0.5) is 0 Å². The van der Waals surface area contributed by atoms with Gasteiger partial charge in [-0.1, -0.05) is 56.7 Å². The van der Waals surface area contributed by atoms with Gasteiger partial charge in [0.2, 0.25) is 0 Å². The Morgan fingerprint density at radius 3 is 2.68 bits per heavy atom. The fourth-order valence-corrected chi connectivity index (χ4v) is 5.14. The average Bonchev–Trinajstić information content (AvgIpc) is 3.01. The Kier molecular flexibility index (Phi) is 3.62. The molecule has 0 saturated carbocycles. The second-order valence-electron chi connectivity index (χ2n) is 5.21. The minimum absolute atomic E-state index is 0.0632. The molecule has 1 aliphatic rings. The lowest BCUT2D eigenvalue weighted by Crippen LogP contribution is -1.92. The molecule has 1 heteroatoms. The van der Waals surface area contributed by atoms with Crippen molar-refractivity contribution in [1.82, 2.24) is 0 Å². The topological polar surface area (TPSA) is 0 Å². The van der Waals surface area contributed by atoms with Gasteiger partial charge in [0, 0.05) is 5.92 Å². The zero-order chi connectivity index (χ0) is 13.2. The van der Waals surface area contributed by atoms with Crippen LogP contribution in [0.2, 0.25) is 0 Å². The van der Waals surface area contributed by atoms with E-state index in [0.717, 1.165) is 0 Å². The van der Waals surface area contributed by atoms with E-state index in [0.29, 0.717) is 0 Å². The third-order valence-electron chi connectivity index (χ3n) is 3.93. The van der Waals surface area contributed by atoms with Gasteiger partial charge in [-0.3, -0.25) is 0 Å². The Balaban J connectivity index is 1.95. The first-order chi connectivity index (χ1) is 9.31. The summed E-state index contributed by atoms with van der Waals surface area (Å²) in [6.45, 7) is 4.55. The van der Waals surface area contributed by atoms with E-state index in [-0.39, 0.29) is 7.53 Å². The molecule has 1 heterocycles. The molecule has 97 valence electrons. The highest BCUT2D eigenvalue weighted by atomic mass is 31.1. The van der Waals surface area contributed by atoms with Crippen LogP contribution in [0, 0.1) is 5.92 Å². The molecule has 2 aromatic rings. The zero-order valence-corrected chi connectivity index (χ0v) is 12.6. The van der Waals surface area contributed by atoms with Crippen LogP contribution in [0.5, 0.6) is 0 Å². The van der Waals surface area contributed by atoms with E-state index >= 15 is 0 Å². The number of allylic oxidation sites excluding steroid dienone is 1. The first-order valence-corrected chi connectivity index (χ1v) is 8.71. The maximum Gasteiger partial charge on any atom is 0.0325 e. The first-order valence-electron chi connectivity index (χ1n) is 7.12. The molecule has 0 aliphatic heterocycles. The molecule has 1 aromatic heterocycles. The lowest BCUT2D eigenvalue weighted by molar-refractivity contribution is 0.855. The molecule has 1 radical (unpaired) electrons. The fourth-order valence-electron chi connectivity index (χ4n) is 2.82. The normalized spacial score (nSPS) is 15.5. The molecule has 1 atom stereocenters. The van der Waals surface area contributed by atoms with Crippen molar-refractivity contribution < 1.29 is 0 Å². The number of rotatable bonds is 4. The number of benzene rings is 1. The van der Waals surface area contributed by atoms with Crippen molar-refractivity contribution in [3.63, 3.8) is 0 Å².